The van der Waals surface area contributed by atoms with E-state index in [1.807, 2.05) is 24.8 Å². The topological polar surface area (TPSA) is 53.1 Å². The molecule has 1 aliphatic rings. The Labute approximate surface area is 125 Å². The highest BCUT2D eigenvalue weighted by molar-refractivity contribution is 7.99. The van der Waals surface area contributed by atoms with Crippen LogP contribution >= 0.6 is 11.8 Å². The predicted octanol–water partition coefficient (Wildman–Crippen LogP) is 2.07. The van der Waals surface area contributed by atoms with Gasteiger partial charge in [-0.1, -0.05) is 6.92 Å². The van der Waals surface area contributed by atoms with Crippen LogP contribution in [0.4, 0.5) is 11.8 Å². The molecule has 0 aromatic carbocycles. The molecular weight excluding hydrogens is 270 g/mol. The van der Waals surface area contributed by atoms with Crippen molar-refractivity contribution in [3.63, 3.8) is 0 Å². The van der Waals surface area contributed by atoms with E-state index in [4.69, 9.17) is 0 Å². The average molecular weight is 295 g/mol. The molecule has 1 aromatic heterocycles. The maximum Gasteiger partial charge on any atom is 0.224 e. The number of thioether (sulfide) groups is 1. The van der Waals surface area contributed by atoms with Gasteiger partial charge in [0.1, 0.15) is 5.82 Å². The highest BCUT2D eigenvalue weighted by Crippen LogP contribution is 2.11. The Morgan fingerprint density at radius 3 is 2.75 bits per heavy atom. The first-order valence-electron chi connectivity index (χ1n) is 7.41. The van der Waals surface area contributed by atoms with Crippen LogP contribution in [0.2, 0.25) is 0 Å². The maximum absolute atomic E-state index is 4.50. The Morgan fingerprint density at radius 1 is 1.20 bits per heavy atom. The molecular formula is C14H25N5S. The Morgan fingerprint density at radius 2 is 2.00 bits per heavy atom. The summed E-state index contributed by atoms with van der Waals surface area (Å²) in [6, 6.07) is 2.00. The van der Waals surface area contributed by atoms with Crippen molar-refractivity contribution < 1.29 is 0 Å². The molecule has 0 atom stereocenters. The van der Waals surface area contributed by atoms with Crippen molar-refractivity contribution in [1.82, 2.24) is 14.9 Å². The summed E-state index contributed by atoms with van der Waals surface area (Å²) in [5, 5.41) is 6.65. The van der Waals surface area contributed by atoms with Gasteiger partial charge in [-0.2, -0.15) is 16.7 Å². The summed E-state index contributed by atoms with van der Waals surface area (Å²) in [6.07, 6.45) is 1.08. The van der Waals surface area contributed by atoms with E-state index in [1.165, 1.54) is 24.6 Å². The summed E-state index contributed by atoms with van der Waals surface area (Å²) in [5.41, 5.74) is 0.996. The first kappa shape index (κ1) is 15.4. The van der Waals surface area contributed by atoms with Gasteiger partial charge in [-0.05, 0) is 13.3 Å². The molecule has 1 fully saturated rings. The largest absolute Gasteiger partial charge is 0.369 e. The summed E-state index contributed by atoms with van der Waals surface area (Å²) in [5.74, 6) is 4.17. The number of aromatic nitrogens is 2. The van der Waals surface area contributed by atoms with Crippen LogP contribution in [0.3, 0.4) is 0 Å². The lowest BCUT2D eigenvalue weighted by atomic mass is 10.4. The number of hydrogen-bond donors (Lipinski definition) is 2. The lowest BCUT2D eigenvalue weighted by molar-refractivity contribution is 0.314. The number of nitrogens with one attached hydrogen (secondary N) is 2. The first-order valence-corrected chi connectivity index (χ1v) is 8.57. The van der Waals surface area contributed by atoms with Gasteiger partial charge in [0.25, 0.3) is 0 Å². The number of hydrogen-bond acceptors (Lipinski definition) is 6. The van der Waals surface area contributed by atoms with Gasteiger partial charge in [0, 0.05) is 56.0 Å². The Balaban J connectivity index is 1.80. The van der Waals surface area contributed by atoms with Gasteiger partial charge in [0.2, 0.25) is 5.95 Å². The quantitative estimate of drug-likeness (QED) is 0.803. The maximum atomic E-state index is 4.50. The number of aryl methyl sites for hydroxylation is 1. The number of anilines is 2. The molecule has 6 heteroatoms. The van der Waals surface area contributed by atoms with Crippen molar-refractivity contribution in [2.45, 2.75) is 20.3 Å². The average Bonchev–Trinajstić information content (AvgIpc) is 2.46. The molecule has 0 amide bonds. The summed E-state index contributed by atoms with van der Waals surface area (Å²) in [6.45, 7) is 9.49. The highest BCUT2D eigenvalue weighted by Gasteiger charge is 2.09. The van der Waals surface area contributed by atoms with E-state index >= 15 is 0 Å². The number of rotatable bonds is 7. The third-order valence-electron chi connectivity index (χ3n) is 3.23. The van der Waals surface area contributed by atoms with Crippen molar-refractivity contribution in [3.8, 4) is 0 Å². The monoisotopic (exact) mass is 295 g/mol. The SMILES string of the molecule is CCCNc1nc(C)cc(NCCN2CCSCC2)n1. The molecule has 2 rings (SSSR count). The molecule has 0 spiro atoms. The van der Waals surface area contributed by atoms with Crippen molar-refractivity contribution in [3.05, 3.63) is 11.8 Å². The molecule has 1 aliphatic heterocycles. The molecule has 0 radical (unpaired) electrons. The standard InChI is InChI=1S/C14H25N5S/c1-3-4-16-14-17-12(2)11-13(18-14)15-5-6-19-7-9-20-10-8-19/h11H,3-10H2,1-2H3,(H2,15,16,17,18). The molecule has 0 unspecified atom stereocenters. The molecule has 5 nitrogen and oxygen atoms in total. The van der Waals surface area contributed by atoms with Crippen LogP contribution in [0.25, 0.3) is 0 Å². The van der Waals surface area contributed by atoms with E-state index in [0.717, 1.165) is 43.5 Å². The molecule has 0 saturated carbocycles. The van der Waals surface area contributed by atoms with Crippen LogP contribution in [-0.2, 0) is 0 Å². The molecule has 0 aliphatic carbocycles. The molecule has 112 valence electrons. The van der Waals surface area contributed by atoms with E-state index in [-0.39, 0.29) is 0 Å². The van der Waals surface area contributed by atoms with Crippen LogP contribution in [-0.4, -0.2) is 59.1 Å². The fourth-order valence-corrected chi connectivity index (χ4v) is 3.12. The minimum absolute atomic E-state index is 0.726. The third kappa shape index (κ3) is 5.17. The Bertz CT molecular complexity index is 407. The zero-order valence-corrected chi connectivity index (χ0v) is 13.3. The molecule has 2 N–H and O–H groups in total. The zero-order chi connectivity index (χ0) is 14.2. The fourth-order valence-electron chi connectivity index (χ4n) is 2.14. The zero-order valence-electron chi connectivity index (χ0n) is 12.5. The van der Waals surface area contributed by atoms with E-state index in [1.54, 1.807) is 0 Å². The summed E-state index contributed by atoms with van der Waals surface area (Å²) >= 11 is 2.05. The normalized spacial score (nSPS) is 16.1. The minimum atomic E-state index is 0.726. The fraction of sp³-hybridized carbons (Fsp3) is 0.714. The van der Waals surface area contributed by atoms with Crippen molar-refractivity contribution in [2.24, 2.45) is 0 Å². The second-order valence-corrected chi connectivity index (χ2v) is 6.25. The van der Waals surface area contributed by atoms with Gasteiger partial charge < -0.3 is 10.6 Å². The van der Waals surface area contributed by atoms with Crippen LogP contribution in [0, 0.1) is 6.92 Å². The molecule has 20 heavy (non-hydrogen) atoms. The predicted molar refractivity (Wildman–Crippen MR) is 87.8 cm³/mol. The van der Waals surface area contributed by atoms with Gasteiger partial charge in [-0.3, -0.25) is 4.90 Å². The van der Waals surface area contributed by atoms with Crippen molar-refractivity contribution in [2.75, 3.05) is 54.9 Å². The van der Waals surface area contributed by atoms with Crippen LogP contribution < -0.4 is 10.6 Å². The van der Waals surface area contributed by atoms with Gasteiger partial charge in [-0.25, -0.2) is 4.98 Å². The van der Waals surface area contributed by atoms with Crippen LogP contribution in [0.5, 0.6) is 0 Å². The van der Waals surface area contributed by atoms with E-state index < -0.39 is 0 Å². The van der Waals surface area contributed by atoms with Crippen molar-refractivity contribution in [1.29, 1.82) is 0 Å². The van der Waals surface area contributed by atoms with Gasteiger partial charge in [-0.15, -0.1) is 0 Å². The minimum Gasteiger partial charge on any atom is -0.369 e. The molecule has 1 aromatic rings. The Hall–Kier alpha value is -1.01. The lowest BCUT2D eigenvalue weighted by Crippen LogP contribution is -2.36. The molecule has 2 heterocycles. The molecule has 1 saturated heterocycles. The summed E-state index contributed by atoms with van der Waals surface area (Å²) < 4.78 is 0. The second-order valence-electron chi connectivity index (χ2n) is 5.03. The van der Waals surface area contributed by atoms with Gasteiger partial charge in [0.05, 0.1) is 0 Å². The third-order valence-corrected chi connectivity index (χ3v) is 4.17. The van der Waals surface area contributed by atoms with Gasteiger partial charge >= 0.3 is 0 Å². The van der Waals surface area contributed by atoms with Crippen LogP contribution in [0.1, 0.15) is 19.0 Å². The highest BCUT2D eigenvalue weighted by atomic mass is 32.2. The number of nitrogens with zero attached hydrogens (tertiary/aromatic N) is 3. The smallest absolute Gasteiger partial charge is 0.224 e. The first-order chi connectivity index (χ1) is 9.78. The van der Waals surface area contributed by atoms with E-state index in [9.17, 15) is 0 Å². The summed E-state index contributed by atoms with van der Waals surface area (Å²) in [4.78, 5) is 11.4. The van der Waals surface area contributed by atoms with Crippen molar-refractivity contribution >= 4 is 23.5 Å². The second kappa shape index (κ2) is 8.32. The Kier molecular flexibility index (Phi) is 6.39. The lowest BCUT2D eigenvalue weighted by Gasteiger charge is -2.26. The van der Waals surface area contributed by atoms with E-state index in [2.05, 4.69) is 32.4 Å². The van der Waals surface area contributed by atoms with E-state index in [0.29, 0.717) is 0 Å². The van der Waals surface area contributed by atoms with Gasteiger partial charge in [0.15, 0.2) is 0 Å². The molecule has 0 bridgehead atoms. The summed E-state index contributed by atoms with van der Waals surface area (Å²) in [7, 11) is 0. The van der Waals surface area contributed by atoms with Crippen LogP contribution in [0.15, 0.2) is 6.07 Å².